The molecule has 1 atom stereocenters. The summed E-state index contributed by atoms with van der Waals surface area (Å²) in [5, 5.41) is 13.4. The van der Waals surface area contributed by atoms with Crippen LogP contribution in [0, 0.1) is 12.3 Å². The number of rotatable bonds is 6. The molecule has 0 saturated carbocycles. The van der Waals surface area contributed by atoms with E-state index in [-0.39, 0.29) is 6.61 Å². The van der Waals surface area contributed by atoms with Gasteiger partial charge < -0.3 is 9.84 Å². The Labute approximate surface area is 113 Å². The Morgan fingerprint density at radius 2 is 2.17 bits per heavy atom. The number of terminal acetylenes is 1. The molecule has 1 aromatic rings. The highest BCUT2D eigenvalue weighted by Gasteiger charge is 2.15. The zero-order chi connectivity index (χ0) is 13.6. The third-order valence-electron chi connectivity index (χ3n) is 2.41. The second kappa shape index (κ2) is 6.65. The van der Waals surface area contributed by atoms with E-state index in [1.807, 2.05) is 26.0 Å². The van der Waals surface area contributed by atoms with Crippen molar-refractivity contribution in [3.05, 3.63) is 29.3 Å². The summed E-state index contributed by atoms with van der Waals surface area (Å²) in [4.78, 5) is 0. The lowest BCUT2D eigenvalue weighted by molar-refractivity contribution is 0.102. The molecule has 0 bridgehead atoms. The maximum atomic E-state index is 9.76. The van der Waals surface area contributed by atoms with E-state index < -0.39 is 11.6 Å². The van der Waals surface area contributed by atoms with Gasteiger partial charge in [0.15, 0.2) is 0 Å². The number of para-hydroxylation sites is 1. The van der Waals surface area contributed by atoms with E-state index in [1.54, 1.807) is 12.1 Å². The van der Waals surface area contributed by atoms with Gasteiger partial charge in [-0.05, 0) is 26.0 Å². The van der Waals surface area contributed by atoms with Crippen LogP contribution in [0.3, 0.4) is 0 Å². The highest BCUT2D eigenvalue weighted by molar-refractivity contribution is 6.32. The van der Waals surface area contributed by atoms with E-state index in [0.717, 1.165) is 0 Å². The fraction of sp³-hybridized carbons (Fsp3) is 0.429. The molecule has 0 aromatic heterocycles. The first-order chi connectivity index (χ1) is 8.44. The molecular weight excluding hydrogens is 250 g/mol. The molecule has 0 radical (unpaired) electrons. The number of hydrogen-bond acceptors (Lipinski definition) is 3. The number of nitrogens with one attached hydrogen (secondary N) is 1. The molecule has 3 nitrogen and oxygen atoms in total. The largest absolute Gasteiger partial charge is 0.489 e. The van der Waals surface area contributed by atoms with Gasteiger partial charge in [-0.15, -0.1) is 6.42 Å². The Kier molecular flexibility index (Phi) is 5.49. The number of ether oxygens (including phenoxy) is 1. The normalized spacial score (nSPS) is 12.8. The van der Waals surface area contributed by atoms with Crippen molar-refractivity contribution in [3.63, 3.8) is 0 Å². The second-order valence-electron chi connectivity index (χ2n) is 4.55. The highest BCUT2D eigenvalue weighted by atomic mass is 35.5. The molecule has 1 unspecified atom stereocenters. The zero-order valence-electron chi connectivity index (χ0n) is 10.6. The quantitative estimate of drug-likeness (QED) is 0.776. The van der Waals surface area contributed by atoms with Crippen molar-refractivity contribution >= 4 is 11.6 Å². The number of benzene rings is 1. The number of aliphatic hydroxyl groups excluding tert-OH is 1. The van der Waals surface area contributed by atoms with Crippen LogP contribution in [0.5, 0.6) is 5.75 Å². The third kappa shape index (κ3) is 4.97. The molecule has 0 aliphatic rings. The lowest BCUT2D eigenvalue weighted by atomic mass is 10.1. The average Bonchev–Trinajstić information content (AvgIpc) is 2.35. The van der Waals surface area contributed by atoms with Crippen LogP contribution >= 0.6 is 11.6 Å². The van der Waals surface area contributed by atoms with Crippen molar-refractivity contribution in [2.24, 2.45) is 0 Å². The molecule has 0 aliphatic carbocycles. The minimum atomic E-state index is -0.645. The van der Waals surface area contributed by atoms with Gasteiger partial charge >= 0.3 is 0 Å². The summed E-state index contributed by atoms with van der Waals surface area (Å²) in [7, 11) is 0. The molecule has 2 N–H and O–H groups in total. The van der Waals surface area contributed by atoms with E-state index in [0.29, 0.717) is 17.3 Å². The monoisotopic (exact) mass is 267 g/mol. The van der Waals surface area contributed by atoms with Crippen molar-refractivity contribution in [2.75, 3.05) is 13.2 Å². The van der Waals surface area contributed by atoms with Crippen molar-refractivity contribution in [1.82, 2.24) is 5.32 Å². The predicted octanol–water partition coefficient (Wildman–Crippen LogP) is 2.08. The standard InChI is InChI=1S/C14H18ClNO2/c1-4-14(2,3)16-9-11(17)10-18-13-8-6-5-7-12(13)15/h1,5-8,11,16-17H,9-10H2,2-3H3. The topological polar surface area (TPSA) is 41.5 Å². The Morgan fingerprint density at radius 3 is 2.78 bits per heavy atom. The smallest absolute Gasteiger partial charge is 0.138 e. The Hall–Kier alpha value is -1.21. The lowest BCUT2D eigenvalue weighted by Gasteiger charge is -2.22. The van der Waals surface area contributed by atoms with Crippen LogP contribution in [0.25, 0.3) is 0 Å². The molecular formula is C14H18ClNO2. The van der Waals surface area contributed by atoms with Crippen molar-refractivity contribution in [3.8, 4) is 18.1 Å². The van der Waals surface area contributed by atoms with Gasteiger partial charge in [0.25, 0.3) is 0 Å². The Balaban J connectivity index is 2.36. The average molecular weight is 268 g/mol. The van der Waals surface area contributed by atoms with Crippen LogP contribution in [0.15, 0.2) is 24.3 Å². The molecule has 0 saturated heterocycles. The van der Waals surface area contributed by atoms with Gasteiger partial charge in [0.2, 0.25) is 0 Å². The number of aliphatic hydroxyl groups is 1. The molecule has 0 amide bonds. The Bertz CT molecular complexity index is 426. The van der Waals surface area contributed by atoms with Gasteiger partial charge in [0.1, 0.15) is 18.5 Å². The first kappa shape index (κ1) is 14.8. The summed E-state index contributed by atoms with van der Waals surface area (Å²) in [6.07, 6.45) is 4.69. The van der Waals surface area contributed by atoms with Gasteiger partial charge in [-0.2, -0.15) is 0 Å². The number of β-amino-alcohol motifs (C(OH)–C–C–N with tert-alkyl or cyclic N) is 1. The van der Waals surface area contributed by atoms with Crippen LogP contribution in [0.4, 0.5) is 0 Å². The Morgan fingerprint density at radius 1 is 1.50 bits per heavy atom. The highest BCUT2D eigenvalue weighted by Crippen LogP contribution is 2.23. The van der Waals surface area contributed by atoms with E-state index in [4.69, 9.17) is 22.8 Å². The maximum absolute atomic E-state index is 9.76. The van der Waals surface area contributed by atoms with E-state index in [9.17, 15) is 5.11 Å². The summed E-state index contributed by atoms with van der Waals surface area (Å²) in [6.45, 7) is 4.27. The van der Waals surface area contributed by atoms with Crippen LogP contribution in [-0.4, -0.2) is 29.9 Å². The van der Waals surface area contributed by atoms with Gasteiger partial charge in [-0.3, -0.25) is 5.32 Å². The van der Waals surface area contributed by atoms with E-state index >= 15 is 0 Å². The van der Waals surface area contributed by atoms with Crippen molar-refractivity contribution < 1.29 is 9.84 Å². The van der Waals surface area contributed by atoms with Crippen LogP contribution < -0.4 is 10.1 Å². The van der Waals surface area contributed by atoms with Gasteiger partial charge in [-0.1, -0.05) is 29.7 Å². The minimum Gasteiger partial charge on any atom is -0.489 e. The first-order valence-corrected chi connectivity index (χ1v) is 6.10. The molecule has 0 heterocycles. The lowest BCUT2D eigenvalue weighted by Crippen LogP contribution is -2.43. The first-order valence-electron chi connectivity index (χ1n) is 5.73. The molecule has 1 rings (SSSR count). The van der Waals surface area contributed by atoms with Crippen LogP contribution in [0.2, 0.25) is 5.02 Å². The maximum Gasteiger partial charge on any atom is 0.138 e. The number of halogens is 1. The molecule has 4 heteroatoms. The van der Waals surface area contributed by atoms with E-state index in [1.165, 1.54) is 0 Å². The number of hydrogen-bond donors (Lipinski definition) is 2. The molecule has 98 valence electrons. The molecule has 0 spiro atoms. The van der Waals surface area contributed by atoms with Crippen LogP contribution in [0.1, 0.15) is 13.8 Å². The molecule has 0 aliphatic heterocycles. The van der Waals surface area contributed by atoms with Crippen molar-refractivity contribution in [2.45, 2.75) is 25.5 Å². The van der Waals surface area contributed by atoms with E-state index in [2.05, 4.69) is 11.2 Å². The summed E-state index contributed by atoms with van der Waals surface area (Å²) in [5.74, 6) is 3.16. The summed E-state index contributed by atoms with van der Waals surface area (Å²) in [6, 6.07) is 7.15. The second-order valence-corrected chi connectivity index (χ2v) is 4.95. The SMILES string of the molecule is C#CC(C)(C)NCC(O)COc1ccccc1Cl. The molecule has 0 fully saturated rings. The zero-order valence-corrected chi connectivity index (χ0v) is 11.4. The van der Waals surface area contributed by atoms with Crippen molar-refractivity contribution in [1.29, 1.82) is 0 Å². The molecule has 1 aromatic carbocycles. The van der Waals surface area contributed by atoms with Gasteiger partial charge in [-0.25, -0.2) is 0 Å². The summed E-state index contributed by atoms with van der Waals surface area (Å²) in [5.41, 5.74) is -0.439. The van der Waals surface area contributed by atoms with Gasteiger partial charge in [0, 0.05) is 6.54 Å². The predicted molar refractivity (Wildman–Crippen MR) is 73.9 cm³/mol. The molecule has 18 heavy (non-hydrogen) atoms. The third-order valence-corrected chi connectivity index (χ3v) is 2.72. The van der Waals surface area contributed by atoms with Gasteiger partial charge in [0.05, 0.1) is 10.6 Å². The fourth-order valence-corrected chi connectivity index (χ4v) is 1.42. The van der Waals surface area contributed by atoms with Crippen LogP contribution in [-0.2, 0) is 0 Å². The summed E-state index contributed by atoms with van der Waals surface area (Å²) >= 11 is 5.93. The minimum absolute atomic E-state index is 0.164. The summed E-state index contributed by atoms with van der Waals surface area (Å²) < 4.78 is 5.42. The fourth-order valence-electron chi connectivity index (χ4n) is 1.23.